The van der Waals surface area contributed by atoms with E-state index in [1.165, 1.54) is 12.1 Å². The molecule has 4 nitrogen and oxygen atoms in total. The molecule has 0 spiro atoms. The molecule has 6 heteroatoms. The second-order valence-corrected chi connectivity index (χ2v) is 5.89. The molecule has 1 amide bonds. The van der Waals surface area contributed by atoms with Crippen LogP contribution >= 0.6 is 0 Å². The Morgan fingerprint density at radius 3 is 2.44 bits per heavy atom. The minimum atomic E-state index is -2.97. The number of para-hydroxylation sites is 1. The monoisotopic (exact) mass is 347 g/mol. The number of hydrogen-bond acceptors (Lipinski definition) is 3. The van der Waals surface area contributed by atoms with E-state index in [0.29, 0.717) is 6.54 Å². The van der Waals surface area contributed by atoms with Crippen LogP contribution in [0.15, 0.2) is 48.5 Å². The first-order valence-corrected chi connectivity index (χ1v) is 8.06. The van der Waals surface area contributed by atoms with Crippen LogP contribution in [0.2, 0.25) is 0 Å². The van der Waals surface area contributed by atoms with Gasteiger partial charge in [-0.25, -0.2) is 0 Å². The quantitative estimate of drug-likeness (QED) is 0.757. The molecular weight excluding hydrogens is 328 g/mol. The van der Waals surface area contributed by atoms with Crippen molar-refractivity contribution in [3.63, 3.8) is 0 Å². The maximum Gasteiger partial charge on any atom is 0.387 e. The van der Waals surface area contributed by atoms with E-state index < -0.39 is 6.61 Å². The maximum absolute atomic E-state index is 12.9. The first kappa shape index (κ1) is 17.2. The molecule has 0 radical (unpaired) electrons. The zero-order chi connectivity index (χ0) is 17.8. The number of amides is 1. The topological polar surface area (TPSA) is 38.8 Å². The van der Waals surface area contributed by atoms with Crippen LogP contribution in [0.25, 0.3) is 0 Å². The summed E-state index contributed by atoms with van der Waals surface area (Å²) in [4.78, 5) is 14.7. The molecule has 25 heavy (non-hydrogen) atoms. The van der Waals surface area contributed by atoms with Crippen LogP contribution in [0.3, 0.4) is 0 Å². The minimum absolute atomic E-state index is 0.0946. The standard InChI is InChI=1S/C19H19F2NO3/c1-24-15-10-6-13(7-11-15)12-22(14-8-9-14)18(23)16-4-2-3-5-17(16)25-19(20)21/h2-7,10-11,14,19H,8-9,12H2,1H3. The van der Waals surface area contributed by atoms with Gasteiger partial charge in [-0.05, 0) is 42.7 Å². The summed E-state index contributed by atoms with van der Waals surface area (Å²) in [6.07, 6.45) is 1.83. The highest BCUT2D eigenvalue weighted by molar-refractivity contribution is 5.97. The Bertz CT molecular complexity index is 730. The number of nitrogens with zero attached hydrogens (tertiary/aromatic N) is 1. The number of ether oxygens (including phenoxy) is 2. The molecule has 3 rings (SSSR count). The molecule has 0 aliphatic heterocycles. The number of carbonyl (C=O) groups is 1. The zero-order valence-electron chi connectivity index (χ0n) is 13.8. The molecule has 1 aliphatic carbocycles. The van der Waals surface area contributed by atoms with Crippen molar-refractivity contribution >= 4 is 5.91 Å². The Labute approximate surface area is 145 Å². The average molecular weight is 347 g/mol. The lowest BCUT2D eigenvalue weighted by atomic mass is 10.1. The van der Waals surface area contributed by atoms with Crippen LogP contribution < -0.4 is 9.47 Å². The van der Waals surface area contributed by atoms with Gasteiger partial charge in [-0.2, -0.15) is 8.78 Å². The lowest BCUT2D eigenvalue weighted by Crippen LogP contribution is -2.33. The average Bonchev–Trinajstić information content (AvgIpc) is 3.44. The van der Waals surface area contributed by atoms with E-state index in [4.69, 9.17) is 4.74 Å². The van der Waals surface area contributed by atoms with Crippen molar-refractivity contribution in [2.45, 2.75) is 32.0 Å². The van der Waals surface area contributed by atoms with Crippen LogP contribution in [0.4, 0.5) is 8.78 Å². The molecule has 0 N–H and O–H groups in total. The summed E-state index contributed by atoms with van der Waals surface area (Å²) in [5.41, 5.74) is 1.11. The highest BCUT2D eigenvalue weighted by Gasteiger charge is 2.34. The van der Waals surface area contributed by atoms with Crippen molar-refractivity contribution in [1.29, 1.82) is 0 Å². The van der Waals surface area contributed by atoms with Gasteiger partial charge in [0, 0.05) is 12.6 Å². The summed E-state index contributed by atoms with van der Waals surface area (Å²) in [7, 11) is 1.59. The molecule has 1 aliphatic rings. The van der Waals surface area contributed by atoms with Crippen LogP contribution in [0, 0.1) is 0 Å². The van der Waals surface area contributed by atoms with Crippen LogP contribution in [-0.2, 0) is 6.54 Å². The van der Waals surface area contributed by atoms with E-state index in [2.05, 4.69) is 4.74 Å². The predicted molar refractivity (Wildman–Crippen MR) is 89.0 cm³/mol. The fourth-order valence-electron chi connectivity index (χ4n) is 2.68. The zero-order valence-corrected chi connectivity index (χ0v) is 13.8. The van der Waals surface area contributed by atoms with Gasteiger partial charge in [-0.3, -0.25) is 4.79 Å². The smallest absolute Gasteiger partial charge is 0.387 e. The number of alkyl halides is 2. The fourth-order valence-corrected chi connectivity index (χ4v) is 2.68. The summed E-state index contributed by atoms with van der Waals surface area (Å²) < 4.78 is 34.8. The molecule has 1 fully saturated rings. The van der Waals surface area contributed by atoms with Gasteiger partial charge in [0.05, 0.1) is 12.7 Å². The summed E-state index contributed by atoms with van der Waals surface area (Å²) in [5, 5.41) is 0. The van der Waals surface area contributed by atoms with Gasteiger partial charge in [0.2, 0.25) is 0 Å². The maximum atomic E-state index is 12.9. The first-order valence-electron chi connectivity index (χ1n) is 8.06. The normalized spacial score (nSPS) is 13.6. The van der Waals surface area contributed by atoms with Crippen molar-refractivity contribution < 1.29 is 23.0 Å². The summed E-state index contributed by atoms with van der Waals surface area (Å²) >= 11 is 0. The molecule has 0 saturated heterocycles. The van der Waals surface area contributed by atoms with Crippen molar-refractivity contribution in [1.82, 2.24) is 4.90 Å². The highest BCUT2D eigenvalue weighted by Crippen LogP contribution is 2.32. The van der Waals surface area contributed by atoms with Gasteiger partial charge in [-0.1, -0.05) is 24.3 Å². The summed E-state index contributed by atoms with van der Waals surface area (Å²) in [6, 6.07) is 13.7. The van der Waals surface area contributed by atoms with Gasteiger partial charge >= 0.3 is 6.61 Å². The van der Waals surface area contributed by atoms with Gasteiger partial charge in [0.25, 0.3) is 5.91 Å². The third-order valence-corrected chi connectivity index (χ3v) is 4.09. The molecule has 2 aromatic rings. The Balaban J connectivity index is 1.82. The number of hydrogen-bond donors (Lipinski definition) is 0. The third-order valence-electron chi connectivity index (χ3n) is 4.09. The van der Waals surface area contributed by atoms with E-state index in [1.807, 2.05) is 24.3 Å². The molecule has 0 heterocycles. The molecule has 0 atom stereocenters. The fraction of sp³-hybridized carbons (Fsp3) is 0.316. The van der Waals surface area contributed by atoms with Gasteiger partial charge in [0.15, 0.2) is 0 Å². The van der Waals surface area contributed by atoms with Crippen molar-refractivity contribution in [2.24, 2.45) is 0 Å². The molecule has 132 valence electrons. The van der Waals surface area contributed by atoms with E-state index >= 15 is 0 Å². The molecule has 0 bridgehead atoms. The van der Waals surface area contributed by atoms with E-state index in [1.54, 1.807) is 24.1 Å². The Morgan fingerprint density at radius 2 is 1.84 bits per heavy atom. The minimum Gasteiger partial charge on any atom is -0.497 e. The molecule has 2 aromatic carbocycles. The van der Waals surface area contributed by atoms with Gasteiger partial charge in [-0.15, -0.1) is 0 Å². The predicted octanol–water partition coefficient (Wildman–Crippen LogP) is 4.10. The third kappa shape index (κ3) is 4.26. The Hall–Kier alpha value is -2.63. The van der Waals surface area contributed by atoms with Crippen molar-refractivity contribution in [3.8, 4) is 11.5 Å². The molecule has 0 aromatic heterocycles. The number of rotatable bonds is 7. The molecule has 1 saturated carbocycles. The van der Waals surface area contributed by atoms with Crippen LogP contribution in [0.1, 0.15) is 28.8 Å². The van der Waals surface area contributed by atoms with E-state index in [-0.39, 0.29) is 23.3 Å². The van der Waals surface area contributed by atoms with E-state index in [9.17, 15) is 13.6 Å². The second-order valence-electron chi connectivity index (χ2n) is 5.89. The number of carbonyl (C=O) groups excluding carboxylic acids is 1. The number of halogens is 2. The molecular formula is C19H19F2NO3. The lowest BCUT2D eigenvalue weighted by molar-refractivity contribution is -0.0503. The van der Waals surface area contributed by atoms with E-state index in [0.717, 1.165) is 24.2 Å². The van der Waals surface area contributed by atoms with Crippen molar-refractivity contribution in [3.05, 3.63) is 59.7 Å². The van der Waals surface area contributed by atoms with Gasteiger partial charge in [0.1, 0.15) is 11.5 Å². The first-order chi connectivity index (χ1) is 12.1. The summed E-state index contributed by atoms with van der Waals surface area (Å²) in [6.45, 7) is -2.55. The van der Waals surface area contributed by atoms with Gasteiger partial charge < -0.3 is 14.4 Å². The Morgan fingerprint density at radius 1 is 1.16 bits per heavy atom. The van der Waals surface area contributed by atoms with Crippen LogP contribution in [-0.4, -0.2) is 30.6 Å². The Kier molecular flexibility index (Phi) is 5.16. The highest BCUT2D eigenvalue weighted by atomic mass is 19.3. The van der Waals surface area contributed by atoms with Crippen LogP contribution in [0.5, 0.6) is 11.5 Å². The lowest BCUT2D eigenvalue weighted by Gasteiger charge is -2.24. The second kappa shape index (κ2) is 7.51. The molecule has 0 unspecified atom stereocenters. The summed E-state index contributed by atoms with van der Waals surface area (Å²) in [5.74, 6) is 0.348. The number of benzene rings is 2. The largest absolute Gasteiger partial charge is 0.497 e. The SMILES string of the molecule is COc1ccc(CN(C(=O)c2ccccc2OC(F)F)C2CC2)cc1. The number of methoxy groups -OCH3 is 1. The van der Waals surface area contributed by atoms with Crippen molar-refractivity contribution in [2.75, 3.05) is 7.11 Å².